The molecule has 2 heteroatoms. The zero-order valence-electron chi connectivity index (χ0n) is 21.8. The van der Waals surface area contributed by atoms with E-state index in [9.17, 15) is 5.11 Å². The topological polar surface area (TPSA) is 20.2 Å². The normalized spacial score (nSPS) is 18.9. The van der Waals surface area contributed by atoms with Crippen molar-refractivity contribution in [2.75, 3.05) is 0 Å². The van der Waals surface area contributed by atoms with E-state index in [-0.39, 0.29) is 0 Å². The first-order valence-corrected chi connectivity index (χ1v) is 5.79. The predicted octanol–water partition coefficient (Wildman–Crippen LogP) is 5.38. The van der Waals surface area contributed by atoms with E-state index < -0.39 is 106 Å². The largest absolute Gasteiger partial charge is 0.507 e. The highest BCUT2D eigenvalue weighted by Crippen LogP contribution is 2.36. The van der Waals surface area contributed by atoms with Crippen molar-refractivity contribution < 1.29 is 21.6 Å². The number of phenols is 1. The van der Waals surface area contributed by atoms with Gasteiger partial charge in [0.1, 0.15) is 5.75 Å². The van der Waals surface area contributed by atoms with Gasteiger partial charge in [0, 0.05) is 16.1 Å². The average molecular weight is 293 g/mol. The van der Waals surface area contributed by atoms with Gasteiger partial charge >= 0.3 is 0 Å². The quantitative estimate of drug-likeness (QED) is 0.672. The van der Waals surface area contributed by atoms with Gasteiger partial charge in [-0.05, 0) is 29.3 Å². The minimum absolute atomic E-state index is 0.512. The van der Waals surface area contributed by atoms with Gasteiger partial charge < -0.3 is 5.11 Å². The molecule has 0 saturated carbocycles. The summed E-state index contributed by atoms with van der Waals surface area (Å²) in [4.78, 5) is 0. The lowest BCUT2D eigenvalue weighted by atomic mass is 9.98. The lowest BCUT2D eigenvalue weighted by Gasteiger charge is -2.10. The number of hydrogen-bond acceptors (Lipinski definition) is 1. The highest BCUT2D eigenvalue weighted by molar-refractivity contribution is 6.33. The van der Waals surface area contributed by atoms with E-state index in [2.05, 4.69) is 0 Å². The third-order valence-electron chi connectivity index (χ3n) is 2.43. The van der Waals surface area contributed by atoms with E-state index in [4.69, 9.17) is 28.1 Å². The molecule has 0 saturated heterocycles. The summed E-state index contributed by atoms with van der Waals surface area (Å²) in [5, 5.41) is 9.99. The molecule has 0 aliphatic heterocycles. The molecule has 0 amide bonds. The van der Waals surface area contributed by atoms with E-state index >= 15 is 0 Å². The van der Waals surface area contributed by atoms with Crippen molar-refractivity contribution in [3.63, 3.8) is 0 Å². The molecular weight excluding hydrogens is 268 g/mol. The number of aromatic hydroxyl groups is 1. The Morgan fingerprint density at radius 1 is 0.750 bits per heavy atom. The molecule has 20 heavy (non-hydrogen) atoms. The van der Waals surface area contributed by atoms with E-state index in [1.54, 1.807) is 0 Å². The SMILES string of the molecule is [2H]c1c([2H])c([2H])c(-c2c([2H])c([2H])c(O)c(-c3c([2H])c([2H])c([2H])c([2H])c3Cl)c2[2H])c([2H])c1[2H]. The van der Waals surface area contributed by atoms with Gasteiger partial charge in [-0.15, -0.1) is 0 Å². The summed E-state index contributed by atoms with van der Waals surface area (Å²) in [6, 6.07) is -8.88. The van der Waals surface area contributed by atoms with Crippen molar-refractivity contribution in [3.05, 3.63) is 77.5 Å². The maximum absolute atomic E-state index is 10.5. The van der Waals surface area contributed by atoms with Crippen LogP contribution in [-0.2, 0) is 0 Å². The molecule has 3 rings (SSSR count). The molecule has 0 fully saturated rings. The third-order valence-corrected chi connectivity index (χ3v) is 2.72. The lowest BCUT2D eigenvalue weighted by molar-refractivity contribution is 0.477. The van der Waals surface area contributed by atoms with Gasteiger partial charge in [0.2, 0.25) is 0 Å². The Hall–Kier alpha value is -2.25. The van der Waals surface area contributed by atoms with Crippen molar-refractivity contribution in [2.24, 2.45) is 0 Å². The van der Waals surface area contributed by atoms with Crippen LogP contribution in [0.4, 0.5) is 0 Å². The molecule has 3 aromatic carbocycles. The number of halogens is 1. The smallest absolute Gasteiger partial charge is 0.123 e. The maximum atomic E-state index is 10.5. The standard InChI is InChI=1S/C18H13ClO/c19-17-9-5-4-8-15(17)16-12-14(10-11-18(16)20)13-6-2-1-3-7-13/h1-12,20H/i1D,2D,3D,4D,5D,6D,7D,8D,9D,10D,11D,12D. The first kappa shape index (κ1) is 4.94. The minimum atomic E-state index is -0.969. The number of rotatable bonds is 2. The Morgan fingerprint density at radius 3 is 2.25 bits per heavy atom. The third kappa shape index (κ3) is 2.40. The number of benzene rings is 3. The molecular formula is C18H13ClO. The molecule has 0 bridgehead atoms. The Kier molecular flexibility index (Phi) is 1.33. The van der Waals surface area contributed by atoms with Crippen molar-refractivity contribution in [3.8, 4) is 28.0 Å². The lowest BCUT2D eigenvalue weighted by Crippen LogP contribution is -1.83. The minimum Gasteiger partial charge on any atom is -0.507 e. The Labute approximate surface area is 140 Å². The summed E-state index contributed by atoms with van der Waals surface area (Å²) < 4.78 is 96.1. The van der Waals surface area contributed by atoms with Gasteiger partial charge in [-0.1, -0.05) is 66.0 Å². The van der Waals surface area contributed by atoms with Gasteiger partial charge in [0.15, 0.2) is 0 Å². The molecule has 1 nitrogen and oxygen atoms in total. The van der Waals surface area contributed by atoms with Crippen LogP contribution in [0, 0.1) is 0 Å². The Balaban J connectivity index is 2.59. The molecule has 0 radical (unpaired) electrons. The van der Waals surface area contributed by atoms with Crippen molar-refractivity contribution in [1.29, 1.82) is 0 Å². The number of phenolic OH excluding ortho intramolecular Hbond substituents is 1. The van der Waals surface area contributed by atoms with Crippen molar-refractivity contribution in [1.82, 2.24) is 0 Å². The zero-order chi connectivity index (χ0) is 24.4. The zero-order valence-corrected chi connectivity index (χ0v) is 10.6. The molecule has 0 aromatic heterocycles. The fourth-order valence-corrected chi connectivity index (χ4v) is 1.74. The summed E-state index contributed by atoms with van der Waals surface area (Å²) in [6.07, 6.45) is 0. The van der Waals surface area contributed by atoms with E-state index in [1.165, 1.54) is 0 Å². The molecule has 1 N–H and O–H groups in total. The van der Waals surface area contributed by atoms with Crippen molar-refractivity contribution >= 4 is 11.6 Å². The van der Waals surface area contributed by atoms with Crippen LogP contribution in [0.25, 0.3) is 22.3 Å². The second-order valence-corrected chi connectivity index (χ2v) is 4.04. The summed E-state index contributed by atoms with van der Waals surface area (Å²) in [6.45, 7) is 0. The van der Waals surface area contributed by atoms with Crippen LogP contribution in [0.15, 0.2) is 72.5 Å². The van der Waals surface area contributed by atoms with Gasteiger partial charge in [-0.3, -0.25) is 0 Å². The molecule has 0 aliphatic carbocycles. The van der Waals surface area contributed by atoms with Gasteiger partial charge in [0.05, 0.1) is 16.4 Å². The van der Waals surface area contributed by atoms with Crippen LogP contribution < -0.4 is 0 Å². The summed E-state index contributed by atoms with van der Waals surface area (Å²) in [7, 11) is 0. The monoisotopic (exact) mass is 292 g/mol. The second-order valence-electron chi connectivity index (χ2n) is 3.66. The summed E-state index contributed by atoms with van der Waals surface area (Å²) in [5.41, 5.74) is -2.27. The second kappa shape index (κ2) is 5.40. The fraction of sp³-hybridized carbons (Fsp3) is 0. The molecule has 0 aliphatic rings. The van der Waals surface area contributed by atoms with Crippen LogP contribution in [0.5, 0.6) is 5.75 Å². The molecule has 0 spiro atoms. The van der Waals surface area contributed by atoms with E-state index in [1.807, 2.05) is 0 Å². The Bertz CT molecular complexity index is 1170. The highest BCUT2D eigenvalue weighted by atomic mass is 35.5. The fourth-order valence-electron chi connectivity index (χ4n) is 1.55. The van der Waals surface area contributed by atoms with Crippen LogP contribution in [0.3, 0.4) is 0 Å². The Morgan fingerprint density at radius 2 is 1.45 bits per heavy atom. The first-order chi connectivity index (χ1) is 14.7. The highest BCUT2D eigenvalue weighted by Gasteiger charge is 2.09. The van der Waals surface area contributed by atoms with E-state index in [0.717, 1.165) is 0 Å². The number of hydrogen-bond donors (Lipinski definition) is 1. The molecule has 3 aromatic rings. The van der Waals surface area contributed by atoms with Crippen LogP contribution in [0.1, 0.15) is 16.4 Å². The summed E-state index contributed by atoms with van der Waals surface area (Å²) >= 11 is 6.11. The van der Waals surface area contributed by atoms with Gasteiger partial charge in [-0.2, -0.15) is 0 Å². The summed E-state index contributed by atoms with van der Waals surface area (Å²) in [5.74, 6) is -0.969. The van der Waals surface area contributed by atoms with Crippen LogP contribution >= 0.6 is 11.6 Å². The first-order valence-electron chi connectivity index (χ1n) is 11.4. The molecule has 0 unspecified atom stereocenters. The van der Waals surface area contributed by atoms with Crippen LogP contribution in [-0.4, -0.2) is 5.11 Å². The van der Waals surface area contributed by atoms with Gasteiger partial charge in [0.25, 0.3) is 0 Å². The average Bonchev–Trinajstić information content (AvgIpc) is 2.76. The predicted molar refractivity (Wildman–Crippen MR) is 84.0 cm³/mol. The van der Waals surface area contributed by atoms with Crippen molar-refractivity contribution in [2.45, 2.75) is 0 Å². The van der Waals surface area contributed by atoms with Gasteiger partial charge in [-0.25, -0.2) is 0 Å². The molecule has 0 heterocycles. The van der Waals surface area contributed by atoms with Crippen LogP contribution in [0.2, 0.25) is 5.02 Å². The maximum Gasteiger partial charge on any atom is 0.123 e. The van der Waals surface area contributed by atoms with E-state index in [0.29, 0.717) is 0 Å². The molecule has 0 atom stereocenters. The molecule has 98 valence electrons.